The summed E-state index contributed by atoms with van der Waals surface area (Å²) in [7, 11) is 0. The van der Waals surface area contributed by atoms with Crippen LogP contribution in [0.15, 0.2) is 18.2 Å². The number of carbonyl (C=O) groups excluding carboxylic acids is 1. The molecule has 158 valence electrons. The highest BCUT2D eigenvalue weighted by Crippen LogP contribution is 2.46. The van der Waals surface area contributed by atoms with Gasteiger partial charge in [-0.3, -0.25) is 0 Å². The standard InChI is InChI=1S/C20H24Cl2N2O4S/c1-2-28-20(26)18-16(17(23)19(29-18)24-6-9-27-10-7-24)13(5-8-25)12-3-4-14(21)15(22)11-12/h3-4,11,13,25H,2,5-10,23H2,1H3. The number of anilines is 2. The molecular formula is C20H24Cl2N2O4S. The first-order chi connectivity index (χ1) is 14.0. The lowest BCUT2D eigenvalue weighted by Crippen LogP contribution is -2.36. The summed E-state index contributed by atoms with van der Waals surface area (Å²) in [5.41, 5.74) is 8.62. The first-order valence-electron chi connectivity index (χ1n) is 9.45. The Bertz CT molecular complexity index is 868. The molecule has 1 aliphatic rings. The van der Waals surface area contributed by atoms with E-state index in [0.717, 1.165) is 10.6 Å². The fourth-order valence-electron chi connectivity index (χ4n) is 3.48. The van der Waals surface area contributed by atoms with Crippen molar-refractivity contribution in [1.82, 2.24) is 0 Å². The van der Waals surface area contributed by atoms with Gasteiger partial charge in [0.25, 0.3) is 0 Å². The van der Waals surface area contributed by atoms with Crippen LogP contribution in [0.2, 0.25) is 10.0 Å². The number of esters is 1. The zero-order valence-corrected chi connectivity index (χ0v) is 18.4. The molecule has 2 heterocycles. The van der Waals surface area contributed by atoms with Crippen LogP contribution in [0.3, 0.4) is 0 Å². The SMILES string of the molecule is CCOC(=O)c1sc(N2CCOCC2)c(N)c1C(CCO)c1ccc(Cl)c(Cl)c1. The fraction of sp³-hybridized carbons (Fsp3) is 0.450. The van der Waals surface area contributed by atoms with Gasteiger partial charge in [-0.15, -0.1) is 11.3 Å². The van der Waals surface area contributed by atoms with Crippen molar-refractivity contribution in [2.45, 2.75) is 19.3 Å². The van der Waals surface area contributed by atoms with Gasteiger partial charge in [-0.05, 0) is 31.0 Å². The maximum absolute atomic E-state index is 12.8. The predicted molar refractivity (Wildman–Crippen MR) is 118 cm³/mol. The van der Waals surface area contributed by atoms with E-state index in [9.17, 15) is 9.90 Å². The second kappa shape index (κ2) is 10.00. The average Bonchev–Trinajstić information content (AvgIpc) is 3.06. The maximum Gasteiger partial charge on any atom is 0.348 e. The molecule has 2 aromatic rings. The van der Waals surface area contributed by atoms with E-state index >= 15 is 0 Å². The normalized spacial score (nSPS) is 15.4. The number of hydrogen-bond donors (Lipinski definition) is 2. The molecule has 1 aliphatic heterocycles. The molecule has 0 radical (unpaired) electrons. The summed E-state index contributed by atoms with van der Waals surface area (Å²) in [5, 5.41) is 11.4. The number of benzene rings is 1. The van der Waals surface area contributed by atoms with Gasteiger partial charge >= 0.3 is 5.97 Å². The largest absolute Gasteiger partial charge is 0.462 e. The van der Waals surface area contributed by atoms with E-state index in [1.54, 1.807) is 19.1 Å². The summed E-state index contributed by atoms with van der Waals surface area (Å²) in [6.07, 6.45) is 0.383. The molecule has 0 amide bonds. The molecule has 0 saturated carbocycles. The van der Waals surface area contributed by atoms with Gasteiger partial charge in [-0.2, -0.15) is 0 Å². The minimum atomic E-state index is -0.415. The van der Waals surface area contributed by atoms with Gasteiger partial charge in [0.2, 0.25) is 0 Å². The Hall–Kier alpha value is -1.51. The number of ether oxygens (including phenoxy) is 2. The fourth-order valence-corrected chi connectivity index (χ4v) is 5.01. The molecule has 0 spiro atoms. The molecule has 1 unspecified atom stereocenters. The number of nitrogens with zero attached hydrogens (tertiary/aromatic N) is 1. The summed E-state index contributed by atoms with van der Waals surface area (Å²) in [6, 6.07) is 5.30. The number of nitrogen functional groups attached to an aromatic ring is 1. The van der Waals surface area contributed by atoms with Crippen LogP contribution in [0.1, 0.15) is 40.1 Å². The molecule has 1 saturated heterocycles. The summed E-state index contributed by atoms with van der Waals surface area (Å²) in [6.45, 7) is 4.56. The van der Waals surface area contributed by atoms with Crippen LogP contribution in [-0.2, 0) is 9.47 Å². The first kappa shape index (κ1) is 22.2. The van der Waals surface area contributed by atoms with Gasteiger partial charge in [0.15, 0.2) is 0 Å². The molecule has 1 aromatic carbocycles. The minimum Gasteiger partial charge on any atom is -0.462 e. The Balaban J connectivity index is 2.12. The quantitative estimate of drug-likeness (QED) is 0.605. The average molecular weight is 459 g/mol. The van der Waals surface area contributed by atoms with E-state index in [-0.39, 0.29) is 19.1 Å². The van der Waals surface area contributed by atoms with Crippen LogP contribution in [0.4, 0.5) is 10.7 Å². The number of nitrogens with two attached hydrogens (primary N) is 1. The number of aliphatic hydroxyl groups is 1. The Morgan fingerprint density at radius 2 is 2.07 bits per heavy atom. The van der Waals surface area contributed by atoms with Crippen LogP contribution in [0.25, 0.3) is 0 Å². The Morgan fingerprint density at radius 3 is 2.69 bits per heavy atom. The van der Waals surface area contributed by atoms with E-state index in [1.165, 1.54) is 11.3 Å². The molecular weight excluding hydrogens is 435 g/mol. The first-order valence-corrected chi connectivity index (χ1v) is 11.0. The number of aliphatic hydroxyl groups excluding tert-OH is 1. The van der Waals surface area contributed by atoms with Crippen LogP contribution in [-0.4, -0.2) is 50.6 Å². The third-order valence-corrected chi connectivity index (χ3v) is 6.84. The zero-order valence-electron chi connectivity index (χ0n) is 16.1. The van der Waals surface area contributed by atoms with Crippen LogP contribution < -0.4 is 10.6 Å². The van der Waals surface area contributed by atoms with Crippen LogP contribution in [0, 0.1) is 0 Å². The van der Waals surface area contributed by atoms with E-state index in [2.05, 4.69) is 4.90 Å². The molecule has 6 nitrogen and oxygen atoms in total. The molecule has 1 aromatic heterocycles. The third kappa shape index (κ3) is 4.81. The zero-order chi connectivity index (χ0) is 21.0. The predicted octanol–water partition coefficient (Wildman–Crippen LogP) is 4.16. The van der Waals surface area contributed by atoms with Crippen molar-refractivity contribution in [3.05, 3.63) is 44.2 Å². The summed E-state index contributed by atoms with van der Waals surface area (Å²) < 4.78 is 10.7. The topological polar surface area (TPSA) is 85.0 Å². The van der Waals surface area contributed by atoms with Crippen molar-refractivity contribution < 1.29 is 19.4 Å². The van der Waals surface area contributed by atoms with E-state index in [4.69, 9.17) is 38.4 Å². The van der Waals surface area contributed by atoms with Crippen molar-refractivity contribution >= 4 is 51.2 Å². The summed E-state index contributed by atoms with van der Waals surface area (Å²) >= 11 is 13.6. The maximum atomic E-state index is 12.8. The Labute approximate surface area is 184 Å². The lowest BCUT2D eigenvalue weighted by Gasteiger charge is -2.28. The Morgan fingerprint density at radius 1 is 1.34 bits per heavy atom. The minimum absolute atomic E-state index is 0.0741. The van der Waals surface area contributed by atoms with Gasteiger partial charge in [0.05, 0.1) is 35.6 Å². The second-order valence-electron chi connectivity index (χ2n) is 6.62. The van der Waals surface area contributed by atoms with Gasteiger partial charge in [-0.25, -0.2) is 4.79 Å². The van der Waals surface area contributed by atoms with Crippen LogP contribution in [0.5, 0.6) is 0 Å². The highest BCUT2D eigenvalue weighted by molar-refractivity contribution is 7.18. The van der Waals surface area contributed by atoms with Crippen molar-refractivity contribution in [1.29, 1.82) is 0 Å². The number of morpholine rings is 1. The lowest BCUT2D eigenvalue weighted by atomic mass is 9.88. The Kier molecular flexibility index (Phi) is 7.65. The van der Waals surface area contributed by atoms with Crippen LogP contribution >= 0.6 is 34.5 Å². The summed E-state index contributed by atoms with van der Waals surface area (Å²) in [4.78, 5) is 15.3. The third-order valence-electron chi connectivity index (χ3n) is 4.84. The van der Waals surface area contributed by atoms with Gasteiger partial charge in [0, 0.05) is 31.2 Å². The molecule has 29 heavy (non-hydrogen) atoms. The molecule has 3 rings (SSSR count). The van der Waals surface area contributed by atoms with Crippen molar-refractivity contribution in [3.8, 4) is 0 Å². The monoisotopic (exact) mass is 458 g/mol. The number of thiophene rings is 1. The number of hydrogen-bond acceptors (Lipinski definition) is 7. The van der Waals surface area contributed by atoms with Gasteiger partial charge < -0.3 is 25.2 Å². The highest BCUT2D eigenvalue weighted by atomic mass is 35.5. The van der Waals surface area contributed by atoms with Crippen molar-refractivity contribution in [2.24, 2.45) is 0 Å². The number of carbonyl (C=O) groups is 1. The molecule has 9 heteroatoms. The number of halogens is 2. The van der Waals surface area contributed by atoms with Gasteiger partial charge in [-0.1, -0.05) is 29.3 Å². The smallest absolute Gasteiger partial charge is 0.348 e. The number of rotatable bonds is 7. The van der Waals surface area contributed by atoms with Crippen molar-refractivity contribution in [3.63, 3.8) is 0 Å². The van der Waals surface area contributed by atoms with E-state index in [1.807, 2.05) is 6.07 Å². The van der Waals surface area contributed by atoms with E-state index in [0.29, 0.717) is 58.9 Å². The molecule has 0 aliphatic carbocycles. The molecule has 1 fully saturated rings. The highest BCUT2D eigenvalue weighted by Gasteiger charge is 2.31. The molecule has 0 bridgehead atoms. The van der Waals surface area contributed by atoms with Crippen molar-refractivity contribution in [2.75, 3.05) is 50.2 Å². The summed E-state index contributed by atoms with van der Waals surface area (Å²) in [5.74, 6) is -0.734. The molecule has 1 atom stereocenters. The van der Waals surface area contributed by atoms with Gasteiger partial charge in [0.1, 0.15) is 9.88 Å². The van der Waals surface area contributed by atoms with E-state index < -0.39 is 5.97 Å². The lowest BCUT2D eigenvalue weighted by molar-refractivity contribution is 0.0530. The second-order valence-corrected chi connectivity index (χ2v) is 8.44. The molecule has 3 N–H and O–H groups in total.